The molecule has 0 spiro atoms. The van der Waals surface area contributed by atoms with Crippen LogP contribution in [0.2, 0.25) is 0 Å². The Balaban J connectivity index is 2.19. The molecule has 0 aliphatic carbocycles. The lowest BCUT2D eigenvalue weighted by atomic mass is 10.2. The molecule has 4 atom stereocenters. The van der Waals surface area contributed by atoms with Crippen molar-refractivity contribution in [3.05, 3.63) is 16.8 Å². The van der Waals surface area contributed by atoms with E-state index in [2.05, 4.69) is 9.97 Å². The smallest absolute Gasteiger partial charge is 0.354 e. The van der Waals surface area contributed by atoms with Gasteiger partial charge in [0.1, 0.15) is 29.1 Å². The molecule has 1 aliphatic rings. The van der Waals surface area contributed by atoms with E-state index in [1.165, 1.54) is 6.33 Å². The maximum atomic E-state index is 11.6. The summed E-state index contributed by atoms with van der Waals surface area (Å²) in [6.07, 6.45) is -2.44. The quantitative estimate of drug-likeness (QED) is 0.382. The van der Waals surface area contributed by atoms with Gasteiger partial charge in [0.05, 0.1) is 6.10 Å². The van der Waals surface area contributed by atoms with E-state index in [1.54, 1.807) is 0 Å². The number of hydrogen-bond donors (Lipinski definition) is 3. The number of ether oxygens (including phenoxy) is 1. The highest BCUT2D eigenvalue weighted by atomic mass is 28.2. The number of aromatic nitrogens is 3. The maximum absolute atomic E-state index is 11.6. The van der Waals surface area contributed by atoms with Crippen molar-refractivity contribution in [1.29, 1.82) is 0 Å². The standard InChI is InChI=1S/C8H14N4O5Si/c9-7-10-2-12(8(15)11-7)4-1-3(13)5(16-4)6(14)17-18/h2-6,13-14H,1H2,18H3,(H2,9,11,15)/t3-,4+,5-,6?/m0/s1. The van der Waals surface area contributed by atoms with Crippen molar-refractivity contribution in [3.8, 4) is 0 Å². The Morgan fingerprint density at radius 3 is 3.06 bits per heavy atom. The zero-order valence-electron chi connectivity index (χ0n) is 9.63. The number of aliphatic hydroxyl groups excluding tert-OH is 2. The first-order chi connectivity index (χ1) is 8.52. The topological polar surface area (TPSA) is 133 Å². The number of anilines is 1. The third kappa shape index (κ3) is 2.42. The van der Waals surface area contributed by atoms with Gasteiger partial charge in [-0.05, 0) is 0 Å². The van der Waals surface area contributed by atoms with Crippen molar-refractivity contribution in [2.75, 3.05) is 5.73 Å². The van der Waals surface area contributed by atoms with Gasteiger partial charge in [0, 0.05) is 6.42 Å². The van der Waals surface area contributed by atoms with Gasteiger partial charge >= 0.3 is 5.69 Å². The molecule has 2 rings (SSSR count). The Kier molecular flexibility index (Phi) is 3.73. The molecule has 18 heavy (non-hydrogen) atoms. The van der Waals surface area contributed by atoms with Crippen LogP contribution in [-0.4, -0.2) is 53.7 Å². The van der Waals surface area contributed by atoms with Crippen molar-refractivity contribution in [2.45, 2.75) is 31.1 Å². The molecule has 0 aromatic carbocycles. The van der Waals surface area contributed by atoms with Crippen LogP contribution in [0.1, 0.15) is 12.6 Å². The lowest BCUT2D eigenvalue weighted by Gasteiger charge is -2.20. The van der Waals surface area contributed by atoms with Crippen molar-refractivity contribution in [1.82, 2.24) is 14.5 Å². The summed E-state index contributed by atoms with van der Waals surface area (Å²) in [5.41, 5.74) is 4.65. The van der Waals surface area contributed by atoms with E-state index in [4.69, 9.17) is 14.9 Å². The molecule has 1 aromatic heterocycles. The molecule has 1 unspecified atom stereocenters. The van der Waals surface area contributed by atoms with Gasteiger partial charge in [-0.2, -0.15) is 4.98 Å². The summed E-state index contributed by atoms with van der Waals surface area (Å²) >= 11 is 0. The molecule has 1 aliphatic heterocycles. The van der Waals surface area contributed by atoms with Crippen molar-refractivity contribution in [2.24, 2.45) is 0 Å². The van der Waals surface area contributed by atoms with Crippen molar-refractivity contribution in [3.63, 3.8) is 0 Å². The lowest BCUT2D eigenvalue weighted by molar-refractivity contribution is -0.153. The first-order valence-electron chi connectivity index (χ1n) is 5.28. The fraction of sp³-hybridized carbons (Fsp3) is 0.625. The Morgan fingerprint density at radius 2 is 2.44 bits per heavy atom. The van der Waals surface area contributed by atoms with Gasteiger partial charge < -0.3 is 25.1 Å². The third-order valence-corrected chi connectivity index (χ3v) is 3.20. The highest BCUT2D eigenvalue weighted by Crippen LogP contribution is 2.29. The van der Waals surface area contributed by atoms with Gasteiger partial charge in [-0.25, -0.2) is 9.78 Å². The lowest BCUT2D eigenvalue weighted by Crippen LogP contribution is -2.36. The van der Waals surface area contributed by atoms with Crippen LogP contribution in [0.15, 0.2) is 11.1 Å². The minimum absolute atomic E-state index is 0.130. The molecule has 0 bridgehead atoms. The molecular weight excluding hydrogens is 260 g/mol. The van der Waals surface area contributed by atoms with Crippen LogP contribution < -0.4 is 11.4 Å². The first kappa shape index (κ1) is 13.1. The second-order valence-corrected chi connectivity index (χ2v) is 4.36. The SMILES string of the molecule is Nc1ncn([C@H]2C[C@H](O)[C@@H](C(O)O[SiH3])O2)c(=O)n1. The number of nitrogens with zero attached hydrogens (tertiary/aromatic N) is 3. The molecule has 0 radical (unpaired) electrons. The number of rotatable bonds is 3. The number of aliphatic hydroxyl groups is 2. The van der Waals surface area contributed by atoms with Crippen LogP contribution in [0, 0.1) is 0 Å². The fourth-order valence-corrected chi connectivity index (χ4v) is 2.06. The molecule has 0 saturated carbocycles. The highest BCUT2D eigenvalue weighted by molar-refractivity contribution is 5.98. The average Bonchev–Trinajstić information content (AvgIpc) is 2.70. The van der Waals surface area contributed by atoms with E-state index in [0.29, 0.717) is 10.5 Å². The van der Waals surface area contributed by atoms with Crippen LogP contribution in [-0.2, 0) is 9.16 Å². The van der Waals surface area contributed by atoms with Crippen LogP contribution in [0.5, 0.6) is 0 Å². The minimum Gasteiger partial charge on any atom is -0.402 e. The fourth-order valence-electron chi connectivity index (χ4n) is 1.79. The molecule has 2 heterocycles. The van der Waals surface area contributed by atoms with Crippen LogP contribution in [0.25, 0.3) is 0 Å². The molecule has 4 N–H and O–H groups in total. The largest absolute Gasteiger partial charge is 0.402 e. The first-order valence-corrected chi connectivity index (χ1v) is 6.09. The van der Waals surface area contributed by atoms with E-state index in [0.717, 1.165) is 4.57 Å². The molecule has 1 saturated heterocycles. The monoisotopic (exact) mass is 274 g/mol. The third-order valence-electron chi connectivity index (χ3n) is 2.71. The van der Waals surface area contributed by atoms with Crippen LogP contribution >= 0.6 is 0 Å². The van der Waals surface area contributed by atoms with E-state index in [-0.39, 0.29) is 12.4 Å². The van der Waals surface area contributed by atoms with Gasteiger partial charge in [0.25, 0.3) is 0 Å². The van der Waals surface area contributed by atoms with Crippen molar-refractivity contribution >= 4 is 16.4 Å². The van der Waals surface area contributed by atoms with E-state index in [1.807, 2.05) is 0 Å². The van der Waals surface area contributed by atoms with E-state index in [9.17, 15) is 15.0 Å². The van der Waals surface area contributed by atoms with Gasteiger partial charge in [-0.15, -0.1) is 0 Å². The Morgan fingerprint density at radius 1 is 1.72 bits per heavy atom. The molecule has 100 valence electrons. The van der Waals surface area contributed by atoms with Crippen molar-refractivity contribution < 1.29 is 19.4 Å². The molecular formula is C8H14N4O5Si. The average molecular weight is 274 g/mol. The van der Waals surface area contributed by atoms with Gasteiger partial charge in [-0.1, -0.05) is 0 Å². The molecule has 10 heteroatoms. The van der Waals surface area contributed by atoms with E-state index >= 15 is 0 Å². The summed E-state index contributed by atoms with van der Waals surface area (Å²) in [6.45, 7) is 0. The zero-order valence-corrected chi connectivity index (χ0v) is 11.6. The Hall–Kier alpha value is -1.33. The summed E-state index contributed by atoms with van der Waals surface area (Å²) in [5, 5.41) is 19.2. The molecule has 1 fully saturated rings. The molecule has 1 aromatic rings. The highest BCUT2D eigenvalue weighted by Gasteiger charge is 2.39. The second-order valence-electron chi connectivity index (χ2n) is 3.89. The van der Waals surface area contributed by atoms with Crippen LogP contribution in [0.4, 0.5) is 5.95 Å². The summed E-state index contributed by atoms with van der Waals surface area (Å²) < 4.78 is 11.3. The number of hydrogen-bond acceptors (Lipinski definition) is 8. The van der Waals surface area contributed by atoms with Crippen LogP contribution in [0.3, 0.4) is 0 Å². The summed E-state index contributed by atoms with van der Waals surface area (Å²) in [6, 6.07) is 0. The van der Waals surface area contributed by atoms with Gasteiger partial charge in [0.15, 0.2) is 6.29 Å². The number of nitrogen functional groups attached to an aromatic ring is 1. The normalized spacial score (nSPS) is 29.6. The summed E-state index contributed by atoms with van der Waals surface area (Å²) in [5.74, 6) is -0.130. The van der Waals surface area contributed by atoms with Gasteiger partial charge in [0.2, 0.25) is 5.95 Å². The second kappa shape index (κ2) is 5.12. The maximum Gasteiger partial charge on any atom is 0.354 e. The molecule has 0 amide bonds. The molecule has 9 nitrogen and oxygen atoms in total. The summed E-state index contributed by atoms with van der Waals surface area (Å²) in [7, 11) is 0.309. The van der Waals surface area contributed by atoms with E-state index < -0.39 is 30.4 Å². The summed E-state index contributed by atoms with van der Waals surface area (Å²) in [4.78, 5) is 18.7. The zero-order chi connectivity index (χ0) is 13.3. The predicted octanol–water partition coefficient (Wildman–Crippen LogP) is -3.52. The predicted molar refractivity (Wildman–Crippen MR) is 62.3 cm³/mol. The van der Waals surface area contributed by atoms with Gasteiger partial charge in [-0.3, -0.25) is 4.57 Å². The number of nitrogens with two attached hydrogens (primary N) is 1. The Labute approximate surface area is 105 Å². The Bertz CT molecular complexity index is 483. The minimum atomic E-state index is -1.21.